The summed E-state index contributed by atoms with van der Waals surface area (Å²) in [6, 6.07) is 8.71. The van der Waals surface area contributed by atoms with E-state index in [4.69, 9.17) is 0 Å². The van der Waals surface area contributed by atoms with E-state index >= 15 is 0 Å². The van der Waals surface area contributed by atoms with Gasteiger partial charge in [-0.2, -0.15) is 10.2 Å². The Morgan fingerprint density at radius 2 is 2.00 bits per heavy atom. The number of hydrogen-bond donors (Lipinski definition) is 3. The molecule has 6 heteroatoms. The number of rotatable bonds is 6. The summed E-state index contributed by atoms with van der Waals surface area (Å²) in [4.78, 5) is 3.40. The maximum Gasteiger partial charge on any atom is 0.131 e. The lowest BCUT2D eigenvalue weighted by Gasteiger charge is -2.08. The molecular weight excluding hydrogens is 401 g/mol. The van der Waals surface area contributed by atoms with Crippen LogP contribution >= 0.6 is 0 Å². The average Bonchev–Trinajstić information content (AvgIpc) is 3.52. The minimum absolute atomic E-state index is 0.283. The molecular formula is C26H24FN5. The van der Waals surface area contributed by atoms with Crippen LogP contribution in [0.4, 0.5) is 4.39 Å². The van der Waals surface area contributed by atoms with Crippen LogP contribution in [0.15, 0.2) is 67.5 Å². The summed E-state index contributed by atoms with van der Waals surface area (Å²) in [5.74, 6) is -0.283. The van der Waals surface area contributed by atoms with Gasteiger partial charge in [0, 0.05) is 33.8 Å². The number of benzene rings is 1. The Balaban J connectivity index is 1.85. The molecule has 4 rings (SSSR count). The van der Waals surface area contributed by atoms with E-state index in [-0.39, 0.29) is 5.82 Å². The first kappa shape index (κ1) is 21.1. The normalized spacial score (nSPS) is 13.0. The molecule has 0 saturated heterocycles. The van der Waals surface area contributed by atoms with Crippen LogP contribution in [0.25, 0.3) is 35.2 Å². The molecule has 0 bridgehead atoms. The number of halogens is 1. The van der Waals surface area contributed by atoms with Crippen molar-refractivity contribution in [1.29, 1.82) is 0 Å². The molecule has 3 heterocycles. The topological polar surface area (TPSA) is 73.2 Å². The first-order valence-electron chi connectivity index (χ1n) is 10.2. The highest BCUT2D eigenvalue weighted by molar-refractivity contribution is 5.89. The van der Waals surface area contributed by atoms with Gasteiger partial charge in [-0.1, -0.05) is 49.6 Å². The Labute approximate surface area is 185 Å². The fraction of sp³-hybridized carbons (Fsp3) is 0.0769. The highest BCUT2D eigenvalue weighted by atomic mass is 19.1. The Morgan fingerprint density at radius 3 is 2.69 bits per heavy atom. The largest absolute Gasteiger partial charge is 0.357 e. The van der Waals surface area contributed by atoms with Gasteiger partial charge in [-0.05, 0) is 43.2 Å². The fourth-order valence-corrected chi connectivity index (χ4v) is 3.73. The molecule has 1 aromatic carbocycles. The third-order valence-electron chi connectivity index (χ3n) is 5.33. The molecule has 0 amide bonds. The molecule has 160 valence electrons. The maximum atomic E-state index is 14.6. The summed E-state index contributed by atoms with van der Waals surface area (Å²) >= 11 is 0. The van der Waals surface area contributed by atoms with Gasteiger partial charge in [-0.3, -0.25) is 10.2 Å². The van der Waals surface area contributed by atoms with E-state index in [1.807, 2.05) is 50.4 Å². The zero-order valence-electron chi connectivity index (χ0n) is 18.0. The van der Waals surface area contributed by atoms with Crippen molar-refractivity contribution < 1.29 is 4.39 Å². The van der Waals surface area contributed by atoms with E-state index in [0.717, 1.165) is 44.6 Å². The van der Waals surface area contributed by atoms with E-state index in [2.05, 4.69) is 38.5 Å². The molecule has 4 aromatic rings. The van der Waals surface area contributed by atoms with Gasteiger partial charge in [0.2, 0.25) is 0 Å². The number of hydrogen-bond acceptors (Lipinski definition) is 2. The van der Waals surface area contributed by atoms with Crippen molar-refractivity contribution in [2.24, 2.45) is 0 Å². The molecule has 3 N–H and O–H groups in total. The van der Waals surface area contributed by atoms with Crippen LogP contribution in [-0.4, -0.2) is 25.4 Å². The Kier molecular flexibility index (Phi) is 5.85. The SMILES string of the molecule is C=C/C=C(/c1ccccc1F)c1cc(-c2n[nH]c(=C)/c2=C\C(=C/C)c2cn[nH]c2)[nH]c1C. The van der Waals surface area contributed by atoms with Crippen LogP contribution in [0.1, 0.15) is 29.3 Å². The second-order valence-corrected chi connectivity index (χ2v) is 7.36. The molecule has 5 nitrogen and oxygen atoms in total. The van der Waals surface area contributed by atoms with Crippen molar-refractivity contribution in [3.8, 4) is 11.4 Å². The van der Waals surface area contributed by atoms with Crippen LogP contribution in [-0.2, 0) is 0 Å². The second-order valence-electron chi connectivity index (χ2n) is 7.36. The minimum atomic E-state index is -0.283. The summed E-state index contributed by atoms with van der Waals surface area (Å²) in [5.41, 5.74) is 6.56. The van der Waals surface area contributed by atoms with Gasteiger partial charge < -0.3 is 4.98 Å². The number of aromatic nitrogens is 5. The Morgan fingerprint density at radius 1 is 1.19 bits per heavy atom. The monoisotopic (exact) mass is 425 g/mol. The summed E-state index contributed by atoms with van der Waals surface area (Å²) in [5, 5.41) is 15.9. The molecule has 0 unspecified atom stereocenters. The predicted octanol–water partition coefficient (Wildman–Crippen LogP) is 4.49. The summed E-state index contributed by atoms with van der Waals surface area (Å²) in [6.45, 7) is 11.8. The zero-order chi connectivity index (χ0) is 22.7. The smallest absolute Gasteiger partial charge is 0.131 e. The molecule has 0 aliphatic heterocycles. The second kappa shape index (κ2) is 8.89. The number of nitrogens with zero attached hydrogens (tertiary/aromatic N) is 2. The van der Waals surface area contributed by atoms with Gasteiger partial charge in [0.15, 0.2) is 0 Å². The highest BCUT2D eigenvalue weighted by Gasteiger charge is 2.17. The van der Waals surface area contributed by atoms with Crippen LogP contribution in [0, 0.1) is 12.7 Å². The van der Waals surface area contributed by atoms with Crippen molar-refractivity contribution in [3.05, 3.63) is 106 Å². The third kappa shape index (κ3) is 3.90. The van der Waals surface area contributed by atoms with Gasteiger partial charge >= 0.3 is 0 Å². The molecule has 0 saturated carbocycles. The molecule has 0 radical (unpaired) electrons. The lowest BCUT2D eigenvalue weighted by atomic mass is 9.97. The third-order valence-corrected chi connectivity index (χ3v) is 5.33. The average molecular weight is 426 g/mol. The predicted molar refractivity (Wildman–Crippen MR) is 128 cm³/mol. The Hall–Kier alpha value is -4.19. The van der Waals surface area contributed by atoms with Crippen molar-refractivity contribution in [2.45, 2.75) is 13.8 Å². The van der Waals surface area contributed by atoms with Gasteiger partial charge in [-0.25, -0.2) is 4.39 Å². The van der Waals surface area contributed by atoms with Gasteiger partial charge in [0.25, 0.3) is 0 Å². The van der Waals surface area contributed by atoms with Gasteiger partial charge in [0.05, 0.1) is 17.2 Å². The van der Waals surface area contributed by atoms with E-state index < -0.39 is 0 Å². The van der Waals surface area contributed by atoms with Gasteiger partial charge in [0.1, 0.15) is 11.5 Å². The molecule has 0 aliphatic rings. The zero-order valence-corrected chi connectivity index (χ0v) is 18.0. The number of H-pyrrole nitrogens is 3. The highest BCUT2D eigenvalue weighted by Crippen LogP contribution is 2.30. The molecule has 0 fully saturated rings. The first-order valence-corrected chi connectivity index (χ1v) is 10.2. The van der Waals surface area contributed by atoms with Crippen LogP contribution < -0.4 is 10.6 Å². The summed E-state index contributed by atoms with van der Waals surface area (Å²) in [6.07, 6.45) is 11.1. The van der Waals surface area contributed by atoms with Gasteiger partial charge in [-0.15, -0.1) is 0 Å². The summed E-state index contributed by atoms with van der Waals surface area (Å²) < 4.78 is 14.6. The van der Waals surface area contributed by atoms with Crippen molar-refractivity contribution in [2.75, 3.05) is 0 Å². The fourth-order valence-electron chi connectivity index (χ4n) is 3.73. The number of nitrogens with one attached hydrogen (secondary N) is 3. The summed E-state index contributed by atoms with van der Waals surface area (Å²) in [7, 11) is 0. The number of aromatic amines is 3. The van der Waals surface area contributed by atoms with E-state index in [0.29, 0.717) is 10.9 Å². The van der Waals surface area contributed by atoms with Crippen molar-refractivity contribution in [3.63, 3.8) is 0 Å². The van der Waals surface area contributed by atoms with Crippen LogP contribution in [0.2, 0.25) is 0 Å². The van der Waals surface area contributed by atoms with Crippen LogP contribution in [0.3, 0.4) is 0 Å². The van der Waals surface area contributed by atoms with Crippen molar-refractivity contribution >= 4 is 23.8 Å². The standard InChI is InChI=1S/C26H24FN5/c1-5-9-20(21-10-7-8-11-24(21)27)22-13-25(30-16(22)3)26-23(17(4)31-32-26)12-18(6-2)19-14-28-29-15-19/h5-15,30-31H,1,4H2,2-3H3,(H,28,29)/b18-6+,20-9-,23-12+. The minimum Gasteiger partial charge on any atom is -0.357 e. The van der Waals surface area contributed by atoms with E-state index in [9.17, 15) is 4.39 Å². The molecule has 0 aliphatic carbocycles. The molecule has 3 aromatic heterocycles. The van der Waals surface area contributed by atoms with E-state index in [1.54, 1.807) is 24.4 Å². The Bertz CT molecular complexity index is 1430. The number of aryl methyl sites for hydroxylation is 1. The molecule has 0 atom stereocenters. The lowest BCUT2D eigenvalue weighted by molar-refractivity contribution is 0.624. The van der Waals surface area contributed by atoms with Crippen LogP contribution in [0.5, 0.6) is 0 Å². The van der Waals surface area contributed by atoms with E-state index in [1.165, 1.54) is 6.07 Å². The maximum absolute atomic E-state index is 14.6. The number of allylic oxidation sites excluding steroid dienone is 4. The molecule has 0 spiro atoms. The van der Waals surface area contributed by atoms with Crippen molar-refractivity contribution in [1.82, 2.24) is 25.4 Å². The molecule has 32 heavy (non-hydrogen) atoms. The lowest BCUT2D eigenvalue weighted by Crippen LogP contribution is -2.22. The quantitative estimate of drug-likeness (QED) is 0.398. The first-order chi connectivity index (χ1) is 15.5.